The van der Waals surface area contributed by atoms with Crippen molar-refractivity contribution in [2.24, 2.45) is 0 Å². The van der Waals surface area contributed by atoms with Crippen LogP contribution >= 0.6 is 11.6 Å². The maximum Gasteiger partial charge on any atom is 0.410 e. The normalized spacial score (nSPS) is 17.6. The number of carbonyl (C=O) groups excluding carboxylic acids is 3. The molecule has 0 saturated carbocycles. The van der Waals surface area contributed by atoms with Crippen LogP contribution in [-0.4, -0.2) is 71.1 Å². The summed E-state index contributed by atoms with van der Waals surface area (Å²) in [7, 11) is 1.59. The first-order valence-electron chi connectivity index (χ1n) is 15.4. The minimum atomic E-state index is -0.641. The maximum atomic E-state index is 13.9. The number of fused-ring (bicyclic) bond motifs is 1. The molecule has 0 N–H and O–H groups in total. The Labute approximate surface area is 275 Å². The van der Waals surface area contributed by atoms with Crippen LogP contribution in [-0.2, 0) is 20.7 Å². The van der Waals surface area contributed by atoms with E-state index in [9.17, 15) is 14.4 Å². The van der Waals surface area contributed by atoms with Gasteiger partial charge in [-0.2, -0.15) is 0 Å². The second kappa shape index (κ2) is 13.2. The third-order valence-electron chi connectivity index (χ3n) is 7.99. The van der Waals surface area contributed by atoms with Crippen molar-refractivity contribution < 1.29 is 28.6 Å². The predicted octanol–water partition coefficient (Wildman–Crippen LogP) is 6.35. The van der Waals surface area contributed by atoms with Gasteiger partial charge in [0.1, 0.15) is 12.1 Å². The number of methoxy groups -OCH3 is 1. The van der Waals surface area contributed by atoms with Gasteiger partial charge in [0, 0.05) is 18.1 Å². The number of halogens is 1. The van der Waals surface area contributed by atoms with Crippen LogP contribution in [0.1, 0.15) is 76.0 Å². The fourth-order valence-electron chi connectivity index (χ4n) is 5.85. The monoisotopic (exact) mass is 648 g/mol. The first-order chi connectivity index (χ1) is 21.8. The zero-order chi connectivity index (χ0) is 33.3. The van der Waals surface area contributed by atoms with Crippen molar-refractivity contribution in [1.29, 1.82) is 0 Å². The molecule has 3 heterocycles. The van der Waals surface area contributed by atoms with Gasteiger partial charge in [0.2, 0.25) is 11.8 Å². The summed E-state index contributed by atoms with van der Waals surface area (Å²) in [5.41, 5.74) is 3.31. The van der Waals surface area contributed by atoms with E-state index in [2.05, 4.69) is 0 Å². The molecule has 0 spiro atoms. The topological polar surface area (TPSA) is 102 Å². The fourth-order valence-corrected chi connectivity index (χ4v) is 5.98. The summed E-state index contributed by atoms with van der Waals surface area (Å²) in [6.07, 6.45) is 1.27. The Morgan fingerprint density at radius 3 is 2.28 bits per heavy atom. The van der Waals surface area contributed by atoms with E-state index in [4.69, 9.17) is 30.8 Å². The molecule has 0 bridgehead atoms. The number of nitrogens with zero attached hydrogens (tertiary/aromatic N) is 4. The van der Waals surface area contributed by atoms with Crippen LogP contribution in [0.5, 0.6) is 11.5 Å². The van der Waals surface area contributed by atoms with Crippen molar-refractivity contribution >= 4 is 35.2 Å². The number of pyridine rings is 1. The lowest BCUT2D eigenvalue weighted by Crippen LogP contribution is -2.53. The zero-order valence-corrected chi connectivity index (χ0v) is 28.1. The van der Waals surface area contributed by atoms with E-state index in [1.165, 1.54) is 4.90 Å². The lowest BCUT2D eigenvalue weighted by atomic mass is 9.87. The molecule has 11 heteroatoms. The van der Waals surface area contributed by atoms with Gasteiger partial charge in [-0.3, -0.25) is 24.4 Å². The van der Waals surface area contributed by atoms with Crippen LogP contribution in [0.2, 0.25) is 5.02 Å². The van der Waals surface area contributed by atoms with Crippen LogP contribution in [0.3, 0.4) is 0 Å². The summed E-state index contributed by atoms with van der Waals surface area (Å²) >= 11 is 6.24. The van der Waals surface area contributed by atoms with Crippen molar-refractivity contribution in [3.63, 3.8) is 0 Å². The van der Waals surface area contributed by atoms with E-state index in [-0.39, 0.29) is 36.9 Å². The number of anilines is 1. The largest absolute Gasteiger partial charge is 0.493 e. The van der Waals surface area contributed by atoms with Gasteiger partial charge in [-0.15, -0.1) is 0 Å². The second-order valence-electron chi connectivity index (χ2n) is 12.9. The highest BCUT2D eigenvalue weighted by Crippen LogP contribution is 2.44. The lowest BCUT2D eigenvalue weighted by molar-refractivity contribution is -0.138. The molecule has 3 amide bonds. The van der Waals surface area contributed by atoms with Gasteiger partial charge in [0.15, 0.2) is 11.5 Å². The second-order valence-corrected chi connectivity index (χ2v) is 13.3. The van der Waals surface area contributed by atoms with Crippen molar-refractivity contribution in [1.82, 2.24) is 14.8 Å². The Kier molecular flexibility index (Phi) is 9.49. The van der Waals surface area contributed by atoms with Gasteiger partial charge in [-0.1, -0.05) is 23.7 Å². The molecular formula is C35H41ClN4O6. The molecule has 10 nitrogen and oxygen atoms in total. The number of amides is 3. The van der Waals surface area contributed by atoms with Crippen LogP contribution in [0.15, 0.2) is 54.7 Å². The van der Waals surface area contributed by atoms with Crippen molar-refractivity contribution in [2.45, 2.75) is 71.8 Å². The van der Waals surface area contributed by atoms with Gasteiger partial charge in [0.25, 0.3) is 0 Å². The molecular weight excluding hydrogens is 608 g/mol. The summed E-state index contributed by atoms with van der Waals surface area (Å²) in [5.74, 6) is 0.896. The number of rotatable bonds is 7. The number of hydrogen-bond donors (Lipinski definition) is 0. The molecule has 2 aromatic carbocycles. The average molecular weight is 649 g/mol. The number of benzene rings is 2. The summed E-state index contributed by atoms with van der Waals surface area (Å²) in [5, 5.41) is 0.595. The quantitative estimate of drug-likeness (QED) is 0.294. The highest BCUT2D eigenvalue weighted by molar-refractivity contribution is 6.30. The minimum Gasteiger partial charge on any atom is -0.493 e. The summed E-state index contributed by atoms with van der Waals surface area (Å²) in [6.45, 7) is 11.9. The summed E-state index contributed by atoms with van der Waals surface area (Å²) < 4.78 is 17.2. The molecule has 2 aliphatic rings. The van der Waals surface area contributed by atoms with Crippen molar-refractivity contribution in [2.75, 3.05) is 31.6 Å². The number of aromatic nitrogens is 1. The standard InChI is InChI=1S/C35H41ClN4O6/c1-21(2)45-30-18-27-24(16-29(30)44-7)17-31(41)40(33(27)23-8-10-25(36)11-9-23)26-12-13-28(37-19-26)22(3)39-15-14-38(20-32(39)42)34(43)46-35(4,5)6/h8-13,16,18-19,21-22,33H,14-15,17,20H2,1-7H3/t22-,33-/m0/s1. The molecule has 244 valence electrons. The fraction of sp³-hybridized carbons (Fsp3) is 0.429. The molecule has 5 rings (SSSR count). The Morgan fingerprint density at radius 2 is 1.70 bits per heavy atom. The summed E-state index contributed by atoms with van der Waals surface area (Å²) in [4.78, 5) is 49.1. The SMILES string of the molecule is COc1cc2c(cc1OC(C)C)[C@H](c1ccc(Cl)cc1)N(c1ccc([C@H](C)N3CCN(C(=O)OC(C)(C)C)CC3=O)nc1)C(=O)C2. The molecule has 2 aliphatic heterocycles. The number of piperazine rings is 1. The van der Waals surface area contributed by atoms with E-state index in [0.29, 0.717) is 41.0 Å². The Hall–Kier alpha value is -4.31. The van der Waals surface area contributed by atoms with Crippen LogP contribution < -0.4 is 14.4 Å². The van der Waals surface area contributed by atoms with Gasteiger partial charge in [0.05, 0.1) is 49.3 Å². The average Bonchev–Trinajstić information content (AvgIpc) is 2.99. The molecule has 1 fully saturated rings. The van der Waals surface area contributed by atoms with Crippen LogP contribution in [0.25, 0.3) is 0 Å². The van der Waals surface area contributed by atoms with Crippen LogP contribution in [0.4, 0.5) is 10.5 Å². The van der Waals surface area contributed by atoms with E-state index in [0.717, 1.165) is 16.7 Å². The molecule has 46 heavy (non-hydrogen) atoms. The molecule has 1 saturated heterocycles. The van der Waals surface area contributed by atoms with E-state index in [1.54, 1.807) is 43.9 Å². The van der Waals surface area contributed by atoms with E-state index >= 15 is 0 Å². The van der Waals surface area contributed by atoms with Gasteiger partial charge in [-0.25, -0.2) is 4.79 Å². The maximum absolute atomic E-state index is 13.9. The number of ether oxygens (including phenoxy) is 3. The molecule has 2 atom stereocenters. The molecule has 1 aromatic heterocycles. The Morgan fingerprint density at radius 1 is 0.978 bits per heavy atom. The van der Waals surface area contributed by atoms with Crippen molar-refractivity contribution in [3.05, 3.63) is 82.1 Å². The highest BCUT2D eigenvalue weighted by Gasteiger charge is 2.37. The summed E-state index contributed by atoms with van der Waals surface area (Å²) in [6, 6.07) is 14.2. The molecule has 0 aliphatic carbocycles. The Bertz CT molecular complexity index is 1600. The van der Waals surface area contributed by atoms with Crippen molar-refractivity contribution in [3.8, 4) is 11.5 Å². The third kappa shape index (κ3) is 7.07. The minimum absolute atomic E-state index is 0.0604. The van der Waals surface area contributed by atoms with Crippen LogP contribution in [0, 0.1) is 0 Å². The van der Waals surface area contributed by atoms with Gasteiger partial charge >= 0.3 is 6.09 Å². The molecule has 0 unspecified atom stereocenters. The predicted molar refractivity (Wildman–Crippen MR) is 175 cm³/mol. The Balaban J connectivity index is 1.43. The van der Waals surface area contributed by atoms with E-state index < -0.39 is 17.7 Å². The third-order valence-corrected chi connectivity index (χ3v) is 8.24. The van der Waals surface area contributed by atoms with Gasteiger partial charge < -0.3 is 19.1 Å². The number of carbonyl (C=O) groups is 3. The first kappa shape index (κ1) is 33.1. The van der Waals surface area contributed by atoms with Gasteiger partial charge in [-0.05, 0) is 94.6 Å². The molecule has 3 aromatic rings. The molecule has 0 radical (unpaired) electrons. The number of hydrogen-bond acceptors (Lipinski definition) is 7. The highest BCUT2D eigenvalue weighted by atomic mass is 35.5. The smallest absolute Gasteiger partial charge is 0.410 e. The van der Waals surface area contributed by atoms with E-state index in [1.807, 2.05) is 69.3 Å². The first-order valence-corrected chi connectivity index (χ1v) is 15.8. The zero-order valence-electron chi connectivity index (χ0n) is 27.4. The lowest BCUT2D eigenvalue weighted by Gasteiger charge is -2.39.